The van der Waals surface area contributed by atoms with Gasteiger partial charge in [0.1, 0.15) is 0 Å². The lowest BCUT2D eigenvalue weighted by molar-refractivity contribution is 0.766. The number of thiol groups is 1. The Kier molecular flexibility index (Phi) is 5.49. The second-order valence-corrected chi connectivity index (χ2v) is 5.12. The van der Waals surface area contributed by atoms with Gasteiger partial charge in [0.25, 0.3) is 0 Å². The molecule has 2 heteroatoms. The Labute approximate surface area is 96.9 Å². The van der Waals surface area contributed by atoms with Crippen molar-refractivity contribution in [1.82, 2.24) is 0 Å². The fourth-order valence-corrected chi connectivity index (χ4v) is 2.68. The van der Waals surface area contributed by atoms with Gasteiger partial charge < -0.3 is 0 Å². The molecule has 0 aromatic heterocycles. The zero-order valence-corrected chi connectivity index (χ0v) is 10.6. The van der Waals surface area contributed by atoms with Crippen LogP contribution in [0.1, 0.15) is 18.1 Å². The zero-order chi connectivity index (χ0) is 10.4. The quantitative estimate of drug-likeness (QED) is 0.745. The van der Waals surface area contributed by atoms with Gasteiger partial charge >= 0.3 is 0 Å². The fourth-order valence-electron chi connectivity index (χ4n) is 1.19. The van der Waals surface area contributed by atoms with E-state index in [1.54, 1.807) is 0 Å². The lowest BCUT2D eigenvalue weighted by Gasteiger charge is -2.08. The van der Waals surface area contributed by atoms with E-state index in [1.165, 1.54) is 16.9 Å². The van der Waals surface area contributed by atoms with E-state index in [1.807, 2.05) is 11.8 Å². The molecule has 0 amide bonds. The van der Waals surface area contributed by atoms with Crippen LogP contribution in [0.4, 0.5) is 0 Å². The third-order valence-electron chi connectivity index (χ3n) is 2.23. The Balaban J connectivity index is 2.35. The first-order chi connectivity index (χ1) is 6.74. The molecule has 0 saturated carbocycles. The SMILES string of the molecule is Cc1ccccc1CSCC(C)CS. The highest BCUT2D eigenvalue weighted by molar-refractivity contribution is 7.98. The van der Waals surface area contributed by atoms with Gasteiger partial charge in [0, 0.05) is 5.75 Å². The van der Waals surface area contributed by atoms with Crippen LogP contribution in [-0.2, 0) is 5.75 Å². The van der Waals surface area contributed by atoms with Crippen LogP contribution in [0.15, 0.2) is 24.3 Å². The van der Waals surface area contributed by atoms with E-state index in [0.29, 0.717) is 5.92 Å². The minimum atomic E-state index is 0.715. The topological polar surface area (TPSA) is 0 Å². The minimum Gasteiger partial charge on any atom is -0.179 e. The molecule has 1 atom stereocenters. The molecule has 0 nitrogen and oxygen atoms in total. The van der Waals surface area contributed by atoms with Crippen molar-refractivity contribution in [3.63, 3.8) is 0 Å². The van der Waals surface area contributed by atoms with Crippen LogP contribution in [0.25, 0.3) is 0 Å². The molecule has 0 aliphatic rings. The van der Waals surface area contributed by atoms with E-state index < -0.39 is 0 Å². The van der Waals surface area contributed by atoms with Crippen LogP contribution in [0, 0.1) is 12.8 Å². The van der Waals surface area contributed by atoms with Gasteiger partial charge in [-0.1, -0.05) is 31.2 Å². The normalized spacial score (nSPS) is 12.8. The van der Waals surface area contributed by atoms with E-state index in [0.717, 1.165) is 11.5 Å². The number of aryl methyl sites for hydroxylation is 1. The molecule has 1 aromatic rings. The summed E-state index contributed by atoms with van der Waals surface area (Å²) in [6.07, 6.45) is 0. The largest absolute Gasteiger partial charge is 0.179 e. The van der Waals surface area contributed by atoms with Gasteiger partial charge in [-0.15, -0.1) is 0 Å². The van der Waals surface area contributed by atoms with Crippen molar-refractivity contribution in [2.75, 3.05) is 11.5 Å². The summed E-state index contributed by atoms with van der Waals surface area (Å²) in [6, 6.07) is 8.61. The number of thioether (sulfide) groups is 1. The maximum absolute atomic E-state index is 4.28. The van der Waals surface area contributed by atoms with Gasteiger partial charge in [-0.25, -0.2) is 0 Å². The van der Waals surface area contributed by atoms with E-state index >= 15 is 0 Å². The molecule has 1 unspecified atom stereocenters. The van der Waals surface area contributed by atoms with Crippen molar-refractivity contribution in [1.29, 1.82) is 0 Å². The number of hydrogen-bond acceptors (Lipinski definition) is 2. The fraction of sp³-hybridized carbons (Fsp3) is 0.500. The van der Waals surface area contributed by atoms with Crippen LogP contribution in [0.2, 0.25) is 0 Å². The van der Waals surface area contributed by atoms with Gasteiger partial charge in [-0.05, 0) is 35.5 Å². The molecule has 0 bridgehead atoms. The molecule has 1 aromatic carbocycles. The van der Waals surface area contributed by atoms with Crippen molar-refractivity contribution in [3.8, 4) is 0 Å². The molecule has 1 rings (SSSR count). The van der Waals surface area contributed by atoms with Crippen LogP contribution >= 0.6 is 24.4 Å². The van der Waals surface area contributed by atoms with Crippen molar-refractivity contribution in [2.45, 2.75) is 19.6 Å². The highest BCUT2D eigenvalue weighted by Crippen LogP contribution is 2.18. The summed E-state index contributed by atoms with van der Waals surface area (Å²) < 4.78 is 0. The Bertz CT molecular complexity index is 271. The third-order valence-corrected chi connectivity index (χ3v) is 4.18. The van der Waals surface area contributed by atoms with E-state index in [2.05, 4.69) is 50.7 Å². The molecule has 0 N–H and O–H groups in total. The summed E-state index contributed by atoms with van der Waals surface area (Å²) in [6.45, 7) is 4.43. The summed E-state index contributed by atoms with van der Waals surface area (Å²) in [5.74, 6) is 4.04. The van der Waals surface area contributed by atoms with E-state index in [4.69, 9.17) is 0 Å². The molecule has 14 heavy (non-hydrogen) atoms. The Morgan fingerprint density at radius 1 is 1.36 bits per heavy atom. The maximum Gasteiger partial charge on any atom is 0.0187 e. The summed E-state index contributed by atoms with van der Waals surface area (Å²) in [4.78, 5) is 0. The molecule has 0 heterocycles. The second kappa shape index (κ2) is 6.41. The first-order valence-corrected chi connectivity index (χ1v) is 6.76. The van der Waals surface area contributed by atoms with Gasteiger partial charge in [-0.2, -0.15) is 24.4 Å². The first kappa shape index (κ1) is 12.0. The Hall–Kier alpha value is -0.0800. The van der Waals surface area contributed by atoms with Crippen molar-refractivity contribution in [2.24, 2.45) is 5.92 Å². The van der Waals surface area contributed by atoms with Crippen LogP contribution in [0.5, 0.6) is 0 Å². The monoisotopic (exact) mass is 226 g/mol. The summed E-state index contributed by atoms with van der Waals surface area (Å²) in [7, 11) is 0. The predicted octanol–water partition coefficient (Wildman–Crippen LogP) is 3.79. The smallest absolute Gasteiger partial charge is 0.0187 e. The molecule has 0 radical (unpaired) electrons. The molecule has 0 spiro atoms. The average molecular weight is 226 g/mol. The third kappa shape index (κ3) is 3.97. The standard InChI is InChI=1S/C12H18S2/c1-10(7-13)8-14-9-12-6-4-3-5-11(12)2/h3-6,10,13H,7-9H2,1-2H3. The zero-order valence-electron chi connectivity index (χ0n) is 8.86. The number of hydrogen-bond donors (Lipinski definition) is 1. The van der Waals surface area contributed by atoms with Gasteiger partial charge in [-0.3, -0.25) is 0 Å². The summed E-state index contributed by atoms with van der Waals surface area (Å²) >= 11 is 6.29. The second-order valence-electron chi connectivity index (χ2n) is 3.73. The maximum atomic E-state index is 4.28. The van der Waals surface area contributed by atoms with Gasteiger partial charge in [0.15, 0.2) is 0 Å². The number of benzene rings is 1. The minimum absolute atomic E-state index is 0.715. The molecular formula is C12H18S2. The lowest BCUT2D eigenvalue weighted by atomic mass is 10.1. The van der Waals surface area contributed by atoms with Gasteiger partial charge in [0.2, 0.25) is 0 Å². The average Bonchev–Trinajstić information content (AvgIpc) is 2.20. The summed E-state index contributed by atoms with van der Waals surface area (Å²) in [5.41, 5.74) is 2.86. The van der Waals surface area contributed by atoms with E-state index in [-0.39, 0.29) is 0 Å². The number of rotatable bonds is 5. The predicted molar refractivity (Wildman–Crippen MR) is 70.4 cm³/mol. The molecular weight excluding hydrogens is 208 g/mol. The Morgan fingerprint density at radius 2 is 2.07 bits per heavy atom. The highest BCUT2D eigenvalue weighted by Gasteiger charge is 2.01. The molecule has 0 aliphatic carbocycles. The van der Waals surface area contributed by atoms with Gasteiger partial charge in [0.05, 0.1) is 0 Å². The van der Waals surface area contributed by atoms with E-state index in [9.17, 15) is 0 Å². The van der Waals surface area contributed by atoms with Crippen LogP contribution in [0.3, 0.4) is 0 Å². The molecule has 0 aliphatic heterocycles. The van der Waals surface area contributed by atoms with Crippen molar-refractivity contribution >= 4 is 24.4 Å². The van der Waals surface area contributed by atoms with Crippen molar-refractivity contribution in [3.05, 3.63) is 35.4 Å². The lowest BCUT2D eigenvalue weighted by Crippen LogP contribution is -1.99. The molecule has 0 saturated heterocycles. The highest BCUT2D eigenvalue weighted by atomic mass is 32.2. The molecule has 0 fully saturated rings. The van der Waals surface area contributed by atoms with Crippen molar-refractivity contribution < 1.29 is 0 Å². The first-order valence-electron chi connectivity index (χ1n) is 4.97. The Morgan fingerprint density at radius 3 is 2.71 bits per heavy atom. The van der Waals surface area contributed by atoms with Crippen LogP contribution < -0.4 is 0 Å². The summed E-state index contributed by atoms with van der Waals surface area (Å²) in [5, 5.41) is 0. The van der Waals surface area contributed by atoms with Crippen LogP contribution in [-0.4, -0.2) is 11.5 Å². The molecule has 78 valence electrons.